The SMILES string of the molecule is CCCc1ccccc1NCc1ccc(OC)c(O)c1. The summed E-state index contributed by atoms with van der Waals surface area (Å²) in [7, 11) is 1.55. The molecule has 0 bridgehead atoms. The normalized spacial score (nSPS) is 10.3. The van der Waals surface area contributed by atoms with E-state index in [0.29, 0.717) is 12.3 Å². The lowest BCUT2D eigenvalue weighted by Gasteiger charge is -2.12. The number of phenols is 1. The molecule has 0 radical (unpaired) electrons. The predicted molar refractivity (Wildman–Crippen MR) is 82.4 cm³/mol. The highest BCUT2D eigenvalue weighted by atomic mass is 16.5. The highest BCUT2D eigenvalue weighted by Crippen LogP contribution is 2.27. The second-order valence-electron chi connectivity index (χ2n) is 4.77. The highest BCUT2D eigenvalue weighted by Gasteiger charge is 2.04. The van der Waals surface area contributed by atoms with Crippen molar-refractivity contribution < 1.29 is 9.84 Å². The summed E-state index contributed by atoms with van der Waals surface area (Å²) in [4.78, 5) is 0. The van der Waals surface area contributed by atoms with Gasteiger partial charge in [-0.15, -0.1) is 0 Å². The van der Waals surface area contributed by atoms with E-state index in [1.54, 1.807) is 19.2 Å². The number of phenolic OH excluding ortho intramolecular Hbond substituents is 1. The van der Waals surface area contributed by atoms with E-state index in [1.807, 2.05) is 12.1 Å². The van der Waals surface area contributed by atoms with Crippen LogP contribution in [-0.4, -0.2) is 12.2 Å². The van der Waals surface area contributed by atoms with Crippen LogP contribution < -0.4 is 10.1 Å². The van der Waals surface area contributed by atoms with Crippen molar-refractivity contribution in [3.8, 4) is 11.5 Å². The van der Waals surface area contributed by atoms with Gasteiger partial charge in [0.15, 0.2) is 11.5 Å². The maximum Gasteiger partial charge on any atom is 0.160 e. The monoisotopic (exact) mass is 271 g/mol. The number of ether oxygens (including phenoxy) is 1. The molecular formula is C17H21NO2. The standard InChI is InChI=1S/C17H21NO2/c1-3-6-14-7-4-5-8-15(14)18-12-13-9-10-17(20-2)16(19)11-13/h4-5,7-11,18-19H,3,6,12H2,1-2H3. The minimum absolute atomic E-state index is 0.175. The van der Waals surface area contributed by atoms with Crippen LogP contribution in [0.1, 0.15) is 24.5 Å². The minimum Gasteiger partial charge on any atom is -0.504 e. The highest BCUT2D eigenvalue weighted by molar-refractivity contribution is 5.52. The predicted octanol–water partition coefficient (Wildman–Crippen LogP) is 3.97. The quantitative estimate of drug-likeness (QED) is 0.835. The fourth-order valence-electron chi connectivity index (χ4n) is 2.22. The molecule has 20 heavy (non-hydrogen) atoms. The molecule has 2 aromatic carbocycles. The Labute approximate surface area is 120 Å². The lowest BCUT2D eigenvalue weighted by molar-refractivity contribution is 0.373. The molecule has 3 nitrogen and oxygen atoms in total. The zero-order chi connectivity index (χ0) is 14.4. The van der Waals surface area contributed by atoms with E-state index in [4.69, 9.17) is 4.74 Å². The van der Waals surface area contributed by atoms with Gasteiger partial charge in [0, 0.05) is 12.2 Å². The van der Waals surface area contributed by atoms with Gasteiger partial charge in [-0.3, -0.25) is 0 Å². The van der Waals surface area contributed by atoms with E-state index in [0.717, 1.165) is 24.1 Å². The number of aryl methyl sites for hydroxylation is 1. The molecule has 0 aliphatic carbocycles. The second kappa shape index (κ2) is 6.85. The van der Waals surface area contributed by atoms with E-state index in [2.05, 4.69) is 30.4 Å². The van der Waals surface area contributed by atoms with Crippen LogP contribution in [0.4, 0.5) is 5.69 Å². The van der Waals surface area contributed by atoms with Crippen molar-refractivity contribution in [2.24, 2.45) is 0 Å². The Hall–Kier alpha value is -2.16. The van der Waals surface area contributed by atoms with Crippen LogP contribution in [0.25, 0.3) is 0 Å². The molecule has 2 aromatic rings. The lowest BCUT2D eigenvalue weighted by atomic mass is 10.1. The van der Waals surface area contributed by atoms with Gasteiger partial charge in [-0.2, -0.15) is 0 Å². The summed E-state index contributed by atoms with van der Waals surface area (Å²) in [5.74, 6) is 0.675. The molecule has 0 amide bonds. The summed E-state index contributed by atoms with van der Waals surface area (Å²) in [6, 6.07) is 13.8. The summed E-state index contributed by atoms with van der Waals surface area (Å²) in [5, 5.41) is 13.2. The number of benzene rings is 2. The van der Waals surface area contributed by atoms with E-state index in [1.165, 1.54) is 5.56 Å². The molecule has 0 aliphatic heterocycles. The molecule has 2 rings (SSSR count). The Morgan fingerprint density at radius 2 is 1.95 bits per heavy atom. The molecule has 0 fully saturated rings. The van der Waals surface area contributed by atoms with Crippen molar-refractivity contribution >= 4 is 5.69 Å². The number of hydrogen-bond donors (Lipinski definition) is 2. The van der Waals surface area contributed by atoms with Gasteiger partial charge in [-0.25, -0.2) is 0 Å². The molecule has 0 aromatic heterocycles. The van der Waals surface area contributed by atoms with Crippen LogP contribution >= 0.6 is 0 Å². The first-order valence-corrected chi connectivity index (χ1v) is 6.92. The molecule has 0 aliphatic rings. The Kier molecular flexibility index (Phi) is 4.88. The fourth-order valence-corrected chi connectivity index (χ4v) is 2.22. The molecule has 0 spiro atoms. The first-order valence-electron chi connectivity index (χ1n) is 6.92. The first kappa shape index (κ1) is 14.3. The third kappa shape index (κ3) is 3.44. The Bertz CT molecular complexity index is 567. The van der Waals surface area contributed by atoms with E-state index >= 15 is 0 Å². The van der Waals surface area contributed by atoms with Gasteiger partial charge in [0.1, 0.15) is 0 Å². The van der Waals surface area contributed by atoms with Crippen molar-refractivity contribution in [3.05, 3.63) is 53.6 Å². The number of hydrogen-bond acceptors (Lipinski definition) is 3. The Morgan fingerprint density at radius 3 is 2.65 bits per heavy atom. The van der Waals surface area contributed by atoms with Crippen LogP contribution in [-0.2, 0) is 13.0 Å². The minimum atomic E-state index is 0.175. The zero-order valence-electron chi connectivity index (χ0n) is 12.0. The summed E-state index contributed by atoms with van der Waals surface area (Å²) in [6.07, 6.45) is 2.19. The van der Waals surface area contributed by atoms with Crippen molar-refractivity contribution in [3.63, 3.8) is 0 Å². The van der Waals surface area contributed by atoms with Crippen LogP contribution in [0.5, 0.6) is 11.5 Å². The van der Waals surface area contributed by atoms with Gasteiger partial charge in [0.2, 0.25) is 0 Å². The number of rotatable bonds is 6. The smallest absolute Gasteiger partial charge is 0.160 e. The third-order valence-corrected chi connectivity index (χ3v) is 3.26. The van der Waals surface area contributed by atoms with Crippen LogP contribution in [0.3, 0.4) is 0 Å². The average molecular weight is 271 g/mol. The van der Waals surface area contributed by atoms with Gasteiger partial charge in [0.25, 0.3) is 0 Å². The summed E-state index contributed by atoms with van der Waals surface area (Å²) in [5.41, 5.74) is 3.51. The number of anilines is 1. The molecular weight excluding hydrogens is 250 g/mol. The number of para-hydroxylation sites is 1. The third-order valence-electron chi connectivity index (χ3n) is 3.26. The van der Waals surface area contributed by atoms with Crippen molar-refractivity contribution in [1.29, 1.82) is 0 Å². The van der Waals surface area contributed by atoms with Crippen molar-refractivity contribution in [2.45, 2.75) is 26.3 Å². The van der Waals surface area contributed by atoms with E-state index < -0.39 is 0 Å². The van der Waals surface area contributed by atoms with E-state index in [-0.39, 0.29) is 5.75 Å². The lowest BCUT2D eigenvalue weighted by Crippen LogP contribution is -2.02. The topological polar surface area (TPSA) is 41.5 Å². The van der Waals surface area contributed by atoms with Gasteiger partial charge < -0.3 is 15.2 Å². The maximum atomic E-state index is 9.77. The van der Waals surface area contributed by atoms with Crippen LogP contribution in [0.2, 0.25) is 0 Å². The molecule has 2 N–H and O–H groups in total. The van der Waals surface area contributed by atoms with Crippen LogP contribution in [0, 0.1) is 0 Å². The molecule has 106 valence electrons. The summed E-state index contributed by atoms with van der Waals surface area (Å²) in [6.45, 7) is 2.86. The first-order chi connectivity index (χ1) is 9.74. The van der Waals surface area contributed by atoms with Gasteiger partial charge in [-0.1, -0.05) is 37.6 Å². The van der Waals surface area contributed by atoms with E-state index in [9.17, 15) is 5.11 Å². The second-order valence-corrected chi connectivity index (χ2v) is 4.77. The Morgan fingerprint density at radius 1 is 1.15 bits per heavy atom. The molecule has 0 atom stereocenters. The van der Waals surface area contributed by atoms with Gasteiger partial charge in [0.05, 0.1) is 7.11 Å². The molecule has 3 heteroatoms. The summed E-state index contributed by atoms with van der Waals surface area (Å²) >= 11 is 0. The molecule has 0 heterocycles. The average Bonchev–Trinajstić information content (AvgIpc) is 2.47. The fraction of sp³-hybridized carbons (Fsp3) is 0.294. The van der Waals surface area contributed by atoms with Crippen molar-refractivity contribution in [1.82, 2.24) is 0 Å². The number of nitrogens with one attached hydrogen (secondary N) is 1. The number of methoxy groups -OCH3 is 1. The van der Waals surface area contributed by atoms with Gasteiger partial charge in [-0.05, 0) is 35.7 Å². The Balaban J connectivity index is 2.07. The maximum absolute atomic E-state index is 9.77. The molecule has 0 saturated carbocycles. The zero-order valence-corrected chi connectivity index (χ0v) is 12.0. The largest absolute Gasteiger partial charge is 0.504 e. The van der Waals surface area contributed by atoms with Crippen molar-refractivity contribution in [2.75, 3.05) is 12.4 Å². The summed E-state index contributed by atoms with van der Waals surface area (Å²) < 4.78 is 5.04. The van der Waals surface area contributed by atoms with Gasteiger partial charge >= 0.3 is 0 Å². The molecule has 0 unspecified atom stereocenters. The number of aromatic hydroxyl groups is 1. The molecule has 0 saturated heterocycles. The van der Waals surface area contributed by atoms with Crippen LogP contribution in [0.15, 0.2) is 42.5 Å².